The molecule has 2 heterocycles. The molecule has 0 saturated carbocycles. The summed E-state index contributed by atoms with van der Waals surface area (Å²) in [6, 6.07) is 2.01. The number of hydrogen-bond donors (Lipinski definition) is 1. The molecular formula is C14H24N4O2. The van der Waals surface area contributed by atoms with Gasteiger partial charge in [0.2, 0.25) is 0 Å². The van der Waals surface area contributed by atoms with Gasteiger partial charge in [0.15, 0.2) is 5.82 Å². The molecule has 1 N–H and O–H groups in total. The molecule has 1 aliphatic heterocycles. The summed E-state index contributed by atoms with van der Waals surface area (Å²) in [5.41, 5.74) is 0. The van der Waals surface area contributed by atoms with Crippen LogP contribution in [0, 0.1) is 5.92 Å². The fourth-order valence-corrected chi connectivity index (χ4v) is 2.52. The van der Waals surface area contributed by atoms with E-state index in [2.05, 4.69) is 27.1 Å². The molecule has 112 valence electrons. The van der Waals surface area contributed by atoms with Crippen LogP contribution in [0.15, 0.2) is 6.07 Å². The van der Waals surface area contributed by atoms with Gasteiger partial charge in [-0.05, 0) is 13.3 Å². The zero-order valence-corrected chi connectivity index (χ0v) is 12.6. The van der Waals surface area contributed by atoms with E-state index in [1.807, 2.05) is 6.07 Å². The molecule has 2 rings (SSSR count). The lowest BCUT2D eigenvalue weighted by Crippen LogP contribution is -2.23. The number of nitrogens with one attached hydrogen (secondary N) is 1. The van der Waals surface area contributed by atoms with E-state index in [-0.39, 0.29) is 0 Å². The maximum atomic E-state index is 5.24. The third-order valence-corrected chi connectivity index (χ3v) is 3.40. The van der Waals surface area contributed by atoms with E-state index in [0.29, 0.717) is 12.5 Å². The van der Waals surface area contributed by atoms with Crippen molar-refractivity contribution >= 4 is 11.6 Å². The predicted molar refractivity (Wildman–Crippen MR) is 79.1 cm³/mol. The molecule has 1 fully saturated rings. The lowest BCUT2D eigenvalue weighted by Gasteiger charge is -2.19. The van der Waals surface area contributed by atoms with Crippen molar-refractivity contribution in [2.45, 2.75) is 20.0 Å². The van der Waals surface area contributed by atoms with E-state index in [1.54, 1.807) is 14.2 Å². The molecule has 0 radical (unpaired) electrons. The van der Waals surface area contributed by atoms with Crippen molar-refractivity contribution in [1.29, 1.82) is 0 Å². The predicted octanol–water partition coefficient (Wildman–Crippen LogP) is 1.53. The van der Waals surface area contributed by atoms with E-state index >= 15 is 0 Å². The van der Waals surface area contributed by atoms with E-state index in [1.165, 1.54) is 0 Å². The monoisotopic (exact) mass is 280 g/mol. The fourth-order valence-electron chi connectivity index (χ4n) is 2.52. The molecule has 0 aromatic carbocycles. The van der Waals surface area contributed by atoms with Crippen molar-refractivity contribution in [3.63, 3.8) is 0 Å². The Morgan fingerprint density at radius 1 is 1.35 bits per heavy atom. The number of methoxy groups -OCH3 is 2. The quantitative estimate of drug-likeness (QED) is 0.817. The van der Waals surface area contributed by atoms with Crippen LogP contribution in [-0.2, 0) is 16.1 Å². The second-order valence-corrected chi connectivity index (χ2v) is 5.05. The number of nitrogens with zero attached hydrogens (tertiary/aromatic N) is 3. The Morgan fingerprint density at radius 3 is 2.90 bits per heavy atom. The van der Waals surface area contributed by atoms with Crippen molar-refractivity contribution in [2.75, 3.05) is 50.7 Å². The Kier molecular flexibility index (Phi) is 5.55. The minimum Gasteiger partial charge on any atom is -0.384 e. The zero-order valence-electron chi connectivity index (χ0n) is 12.6. The highest BCUT2D eigenvalue weighted by Gasteiger charge is 2.24. The molecule has 0 spiro atoms. The third-order valence-electron chi connectivity index (χ3n) is 3.40. The molecule has 1 aliphatic rings. The van der Waals surface area contributed by atoms with E-state index in [4.69, 9.17) is 9.47 Å². The topological polar surface area (TPSA) is 59.5 Å². The molecule has 1 unspecified atom stereocenters. The van der Waals surface area contributed by atoms with Crippen molar-refractivity contribution in [1.82, 2.24) is 9.97 Å². The third kappa shape index (κ3) is 3.80. The van der Waals surface area contributed by atoms with Crippen LogP contribution in [0.5, 0.6) is 0 Å². The second kappa shape index (κ2) is 7.40. The van der Waals surface area contributed by atoms with E-state index in [9.17, 15) is 0 Å². The maximum Gasteiger partial charge on any atom is 0.158 e. The Labute approximate surface area is 120 Å². The average molecular weight is 280 g/mol. The van der Waals surface area contributed by atoms with Gasteiger partial charge in [0.05, 0.1) is 6.61 Å². The highest BCUT2D eigenvalue weighted by molar-refractivity contribution is 5.50. The van der Waals surface area contributed by atoms with Crippen molar-refractivity contribution < 1.29 is 9.47 Å². The van der Waals surface area contributed by atoms with Gasteiger partial charge in [-0.3, -0.25) is 0 Å². The maximum absolute atomic E-state index is 5.24. The summed E-state index contributed by atoms with van der Waals surface area (Å²) >= 11 is 0. The Morgan fingerprint density at radius 2 is 2.20 bits per heavy atom. The zero-order chi connectivity index (χ0) is 14.4. The first-order valence-corrected chi connectivity index (χ1v) is 7.11. The first-order valence-electron chi connectivity index (χ1n) is 7.11. The van der Waals surface area contributed by atoms with Gasteiger partial charge in [-0.1, -0.05) is 0 Å². The Balaban J connectivity index is 2.13. The van der Waals surface area contributed by atoms with Crippen LogP contribution in [-0.4, -0.2) is 50.4 Å². The number of hydrogen-bond acceptors (Lipinski definition) is 6. The summed E-state index contributed by atoms with van der Waals surface area (Å²) in [6.07, 6.45) is 1.15. The Hall–Kier alpha value is -1.40. The smallest absolute Gasteiger partial charge is 0.158 e. The molecule has 1 aromatic heterocycles. The lowest BCUT2D eigenvalue weighted by molar-refractivity contribution is 0.161. The number of anilines is 2. The molecule has 0 amide bonds. The summed E-state index contributed by atoms with van der Waals surface area (Å²) in [7, 11) is 3.42. The van der Waals surface area contributed by atoms with Crippen molar-refractivity contribution in [3.05, 3.63) is 11.9 Å². The van der Waals surface area contributed by atoms with Crippen LogP contribution in [0.2, 0.25) is 0 Å². The summed E-state index contributed by atoms with van der Waals surface area (Å²) < 4.78 is 10.4. The van der Waals surface area contributed by atoms with Crippen LogP contribution in [0.4, 0.5) is 11.6 Å². The number of ether oxygens (including phenoxy) is 2. The summed E-state index contributed by atoms with van der Waals surface area (Å²) in [5.74, 6) is 3.14. The van der Waals surface area contributed by atoms with E-state index < -0.39 is 0 Å². The molecule has 6 heteroatoms. The van der Waals surface area contributed by atoms with Gasteiger partial charge < -0.3 is 19.7 Å². The van der Waals surface area contributed by atoms with Gasteiger partial charge in [0.1, 0.15) is 18.2 Å². The number of aromatic nitrogens is 2. The highest BCUT2D eigenvalue weighted by atomic mass is 16.5. The van der Waals surface area contributed by atoms with Crippen LogP contribution < -0.4 is 10.2 Å². The summed E-state index contributed by atoms with van der Waals surface area (Å²) in [6.45, 7) is 6.15. The van der Waals surface area contributed by atoms with Gasteiger partial charge in [0, 0.05) is 45.8 Å². The molecule has 6 nitrogen and oxygen atoms in total. The van der Waals surface area contributed by atoms with Gasteiger partial charge in [-0.2, -0.15) is 0 Å². The first kappa shape index (κ1) is 15.0. The summed E-state index contributed by atoms with van der Waals surface area (Å²) in [5, 5.41) is 3.25. The van der Waals surface area contributed by atoms with Crippen LogP contribution >= 0.6 is 0 Å². The largest absolute Gasteiger partial charge is 0.384 e. The first-order chi connectivity index (χ1) is 9.76. The fraction of sp³-hybridized carbons (Fsp3) is 0.714. The standard InChI is InChI=1S/C14H24N4O2/c1-4-15-12-7-14(17-13(16-12)10-20-3)18-6-5-11(8-18)9-19-2/h7,11H,4-6,8-10H2,1-3H3,(H,15,16,17). The Bertz CT molecular complexity index is 403. The molecule has 20 heavy (non-hydrogen) atoms. The molecule has 1 atom stereocenters. The van der Waals surface area contributed by atoms with Crippen LogP contribution in [0.25, 0.3) is 0 Å². The second-order valence-electron chi connectivity index (χ2n) is 5.05. The van der Waals surface area contributed by atoms with E-state index in [0.717, 1.165) is 50.1 Å². The van der Waals surface area contributed by atoms with Crippen LogP contribution in [0.1, 0.15) is 19.2 Å². The normalized spacial score (nSPS) is 18.6. The van der Waals surface area contributed by atoms with Gasteiger partial charge in [-0.25, -0.2) is 9.97 Å². The molecule has 0 bridgehead atoms. The number of rotatable bonds is 7. The van der Waals surface area contributed by atoms with Gasteiger partial charge in [-0.15, -0.1) is 0 Å². The average Bonchev–Trinajstić information content (AvgIpc) is 2.88. The van der Waals surface area contributed by atoms with Crippen molar-refractivity contribution in [2.24, 2.45) is 5.92 Å². The molecule has 1 aromatic rings. The molecular weight excluding hydrogens is 256 g/mol. The van der Waals surface area contributed by atoms with Gasteiger partial charge in [0.25, 0.3) is 0 Å². The SMILES string of the molecule is CCNc1cc(N2CCC(COC)C2)nc(COC)n1. The highest BCUT2D eigenvalue weighted by Crippen LogP contribution is 2.24. The van der Waals surface area contributed by atoms with Gasteiger partial charge >= 0.3 is 0 Å². The molecule has 1 saturated heterocycles. The minimum atomic E-state index is 0.432. The lowest BCUT2D eigenvalue weighted by atomic mass is 10.1. The molecule has 0 aliphatic carbocycles. The summed E-state index contributed by atoms with van der Waals surface area (Å²) in [4.78, 5) is 11.3. The minimum absolute atomic E-state index is 0.432. The van der Waals surface area contributed by atoms with Crippen molar-refractivity contribution in [3.8, 4) is 0 Å². The van der Waals surface area contributed by atoms with Crippen LogP contribution in [0.3, 0.4) is 0 Å².